The van der Waals surface area contributed by atoms with Gasteiger partial charge in [0.2, 0.25) is 17.7 Å². The van der Waals surface area contributed by atoms with Crippen LogP contribution in [0.25, 0.3) is 11.6 Å². The number of H-pyrrole nitrogens is 1. The number of hydrogen-bond acceptors (Lipinski definition) is 9. The molecule has 1 aromatic heterocycles. The molecule has 1 atom stereocenters. The normalized spacial score (nSPS) is 13.3. The van der Waals surface area contributed by atoms with Gasteiger partial charge in [0.05, 0.1) is 23.9 Å². The van der Waals surface area contributed by atoms with Gasteiger partial charge in [-0.1, -0.05) is 26.0 Å². The first-order chi connectivity index (χ1) is 27.8. The first kappa shape index (κ1) is 44.6. The minimum atomic E-state index is -0.883. The molecule has 0 aliphatic carbocycles. The van der Waals surface area contributed by atoms with Crippen LogP contribution in [-0.4, -0.2) is 104 Å². The summed E-state index contributed by atoms with van der Waals surface area (Å²) in [6, 6.07) is 9.13. The first-order valence-corrected chi connectivity index (χ1v) is 19.3. The first-order valence-electron chi connectivity index (χ1n) is 19.3. The summed E-state index contributed by atoms with van der Waals surface area (Å²) < 4.78 is 19.6. The number of amides is 7. The van der Waals surface area contributed by atoms with E-state index in [0.29, 0.717) is 41.4 Å². The zero-order chi connectivity index (χ0) is 42.4. The molecule has 0 saturated carbocycles. The van der Waals surface area contributed by atoms with E-state index in [4.69, 9.17) is 10.5 Å². The Labute approximate surface area is 337 Å². The largest absolute Gasteiger partial charge is 0.497 e. The molecule has 2 aromatic carbocycles. The lowest BCUT2D eigenvalue weighted by Crippen LogP contribution is -2.47. The van der Waals surface area contributed by atoms with Crippen molar-refractivity contribution in [1.82, 2.24) is 36.5 Å². The number of halogens is 1. The molecule has 2 heterocycles. The number of carbonyl (C=O) groups excluding carboxylic acids is 6. The number of hydrogen-bond donors (Lipinski definition) is 7. The van der Waals surface area contributed by atoms with Crippen molar-refractivity contribution in [2.75, 3.05) is 57.8 Å². The van der Waals surface area contributed by atoms with Gasteiger partial charge in [-0.3, -0.25) is 24.0 Å². The lowest BCUT2D eigenvalue weighted by molar-refractivity contribution is -0.130. The highest BCUT2D eigenvalue weighted by atomic mass is 19.1. The Hall–Kier alpha value is -6.07. The lowest BCUT2D eigenvalue weighted by Gasteiger charge is -2.18. The van der Waals surface area contributed by atoms with E-state index in [-0.39, 0.29) is 68.2 Å². The van der Waals surface area contributed by atoms with Crippen LogP contribution in [0, 0.1) is 19.7 Å². The van der Waals surface area contributed by atoms with E-state index in [1.54, 1.807) is 33.1 Å². The highest BCUT2D eigenvalue weighted by Crippen LogP contribution is 2.39. The van der Waals surface area contributed by atoms with Gasteiger partial charge in [0.1, 0.15) is 17.6 Å². The minimum Gasteiger partial charge on any atom is -0.497 e. The van der Waals surface area contributed by atoms with Gasteiger partial charge in [0, 0.05) is 62.5 Å². The standard InChI is InChI=1S/C41H54FN9O7/c1-6-50(7-2)21-20-45-39(55)37-25(3)33(48-26(37)4)23-31-30-22-28(42)10-13-34(30)51(40(31)56)41(57)46-19-18-44-35(52)14-15-36(53)49-32(16-17-43)38(54)47-24-27-8-11-29(58-5)12-9-27/h8-13,22-23,32,48H,6-7,14-21,24,43H2,1-5H3,(H,44,52)(H,45,55)(H,46,57)(H,47,54)(H,49,53)/b31-23-/t32-/m0/s1. The summed E-state index contributed by atoms with van der Waals surface area (Å²) in [5.74, 6) is -2.28. The van der Waals surface area contributed by atoms with Gasteiger partial charge in [-0.2, -0.15) is 0 Å². The maximum atomic E-state index is 14.5. The molecule has 8 N–H and O–H groups in total. The van der Waals surface area contributed by atoms with Crippen molar-refractivity contribution >= 4 is 52.9 Å². The lowest BCUT2D eigenvalue weighted by atomic mass is 10.0. The smallest absolute Gasteiger partial charge is 0.329 e. The van der Waals surface area contributed by atoms with Gasteiger partial charge in [-0.25, -0.2) is 14.1 Å². The van der Waals surface area contributed by atoms with Crippen LogP contribution in [0.2, 0.25) is 0 Å². The highest BCUT2D eigenvalue weighted by Gasteiger charge is 2.37. The SMILES string of the molecule is CCN(CC)CCNC(=O)c1c(C)[nH]c(/C=C2\C(=O)N(C(=O)NCCNC(=O)CCC(=O)N[C@@H](CCN)C(=O)NCc3ccc(OC)cc3)c3ccc(F)cc32)c1C. The number of likely N-dealkylation sites (N-methyl/N-ethyl adjacent to an activating group) is 1. The number of rotatable bonds is 20. The van der Waals surface area contributed by atoms with Crippen molar-refractivity contribution in [3.8, 4) is 5.75 Å². The van der Waals surface area contributed by atoms with Crippen LogP contribution in [0.4, 0.5) is 14.9 Å². The van der Waals surface area contributed by atoms with Crippen LogP contribution in [-0.2, 0) is 25.7 Å². The molecular weight excluding hydrogens is 750 g/mol. The van der Waals surface area contributed by atoms with Crippen LogP contribution in [0.15, 0.2) is 42.5 Å². The van der Waals surface area contributed by atoms with Crippen LogP contribution in [0.5, 0.6) is 5.75 Å². The molecule has 0 bridgehead atoms. The number of benzene rings is 2. The predicted molar refractivity (Wildman–Crippen MR) is 218 cm³/mol. The maximum absolute atomic E-state index is 14.5. The third kappa shape index (κ3) is 11.7. The molecule has 0 unspecified atom stereocenters. The molecule has 16 nitrogen and oxygen atoms in total. The Morgan fingerprint density at radius 2 is 1.62 bits per heavy atom. The second-order valence-corrected chi connectivity index (χ2v) is 13.7. The number of urea groups is 1. The molecular formula is C41H54FN9O7. The molecule has 312 valence electrons. The van der Waals surface area contributed by atoms with E-state index in [1.807, 2.05) is 12.1 Å². The van der Waals surface area contributed by atoms with Gasteiger partial charge >= 0.3 is 6.03 Å². The summed E-state index contributed by atoms with van der Waals surface area (Å²) in [5.41, 5.74) is 9.01. The predicted octanol–water partition coefficient (Wildman–Crippen LogP) is 2.49. The maximum Gasteiger partial charge on any atom is 0.329 e. The molecule has 0 fully saturated rings. The van der Waals surface area contributed by atoms with Gasteiger partial charge in [0.15, 0.2) is 0 Å². The fourth-order valence-corrected chi connectivity index (χ4v) is 6.49. The number of nitrogens with two attached hydrogens (primary N) is 1. The molecule has 0 radical (unpaired) electrons. The molecule has 17 heteroatoms. The zero-order valence-electron chi connectivity index (χ0n) is 33.7. The minimum absolute atomic E-state index is 0.0164. The number of carbonyl (C=O) groups is 6. The third-order valence-corrected chi connectivity index (χ3v) is 9.76. The molecule has 0 saturated heterocycles. The molecule has 3 aromatic rings. The summed E-state index contributed by atoms with van der Waals surface area (Å²) in [4.78, 5) is 84.3. The summed E-state index contributed by atoms with van der Waals surface area (Å²) in [7, 11) is 1.56. The topological polar surface area (TPSA) is 220 Å². The third-order valence-electron chi connectivity index (χ3n) is 9.76. The summed E-state index contributed by atoms with van der Waals surface area (Å²) in [6.45, 7) is 10.8. The van der Waals surface area contributed by atoms with Crippen molar-refractivity contribution in [2.24, 2.45) is 5.73 Å². The van der Waals surface area contributed by atoms with Gasteiger partial charge in [0.25, 0.3) is 11.8 Å². The Morgan fingerprint density at radius 3 is 2.29 bits per heavy atom. The number of aryl methyl sites for hydroxylation is 1. The van der Waals surface area contributed by atoms with Crippen molar-refractivity contribution in [2.45, 2.75) is 59.5 Å². The highest BCUT2D eigenvalue weighted by molar-refractivity contribution is 6.42. The van der Waals surface area contributed by atoms with E-state index in [9.17, 15) is 33.2 Å². The summed E-state index contributed by atoms with van der Waals surface area (Å²) in [6.07, 6.45) is 1.33. The van der Waals surface area contributed by atoms with E-state index in [2.05, 4.69) is 50.3 Å². The van der Waals surface area contributed by atoms with Crippen LogP contribution in [0.1, 0.15) is 71.5 Å². The Bertz CT molecular complexity index is 1990. The number of anilines is 1. The molecule has 1 aliphatic rings. The monoisotopic (exact) mass is 803 g/mol. The van der Waals surface area contributed by atoms with Crippen molar-refractivity contribution in [3.05, 3.63) is 81.9 Å². The van der Waals surface area contributed by atoms with E-state index in [0.717, 1.165) is 29.6 Å². The zero-order valence-corrected chi connectivity index (χ0v) is 33.7. The van der Waals surface area contributed by atoms with Gasteiger partial charge in [-0.05, 0) is 87.4 Å². The molecule has 0 spiro atoms. The fourth-order valence-electron chi connectivity index (χ4n) is 6.49. The average Bonchev–Trinajstić information content (AvgIpc) is 3.65. The average molecular weight is 804 g/mol. The quantitative estimate of drug-likeness (QED) is 0.0658. The van der Waals surface area contributed by atoms with Gasteiger partial charge in [-0.15, -0.1) is 0 Å². The van der Waals surface area contributed by atoms with Crippen LogP contribution >= 0.6 is 0 Å². The Morgan fingerprint density at radius 1 is 0.931 bits per heavy atom. The molecule has 4 rings (SSSR count). The second kappa shape index (κ2) is 21.5. The number of nitrogens with zero attached hydrogens (tertiary/aromatic N) is 2. The number of imide groups is 1. The van der Waals surface area contributed by atoms with Crippen LogP contribution in [0.3, 0.4) is 0 Å². The Kier molecular flexibility index (Phi) is 16.5. The van der Waals surface area contributed by atoms with Crippen molar-refractivity contribution in [3.63, 3.8) is 0 Å². The van der Waals surface area contributed by atoms with Crippen molar-refractivity contribution in [1.29, 1.82) is 0 Å². The molecule has 58 heavy (non-hydrogen) atoms. The van der Waals surface area contributed by atoms with Crippen molar-refractivity contribution < 1.29 is 37.9 Å². The number of fused-ring (bicyclic) bond motifs is 1. The van der Waals surface area contributed by atoms with E-state index >= 15 is 0 Å². The number of aromatic nitrogens is 1. The number of aromatic amines is 1. The summed E-state index contributed by atoms with van der Waals surface area (Å²) >= 11 is 0. The number of methoxy groups -OCH3 is 1. The van der Waals surface area contributed by atoms with Crippen LogP contribution < -0.4 is 42.0 Å². The molecule has 1 aliphatic heterocycles. The Balaban J connectivity index is 1.28. The second-order valence-electron chi connectivity index (χ2n) is 13.7. The number of nitrogens with one attached hydrogen (secondary N) is 6. The van der Waals surface area contributed by atoms with E-state index < -0.39 is 41.5 Å². The number of ether oxygens (including phenoxy) is 1. The summed E-state index contributed by atoms with van der Waals surface area (Å²) in [5, 5.41) is 13.6. The van der Waals surface area contributed by atoms with Gasteiger partial charge < -0.3 is 46.9 Å². The van der Waals surface area contributed by atoms with E-state index in [1.165, 1.54) is 18.2 Å². The fraction of sp³-hybridized carbons (Fsp3) is 0.415. The molecule has 7 amide bonds.